The maximum Gasteiger partial charge on any atom is 0.335 e. The number of aromatic nitrogens is 2. The van der Waals surface area contributed by atoms with Crippen LogP contribution in [0, 0.1) is 0 Å². The summed E-state index contributed by atoms with van der Waals surface area (Å²) in [6.07, 6.45) is 1.92. The molecule has 0 saturated heterocycles. The Morgan fingerprint density at radius 2 is 2.35 bits per heavy atom. The number of carbonyl (C=O) groups is 1. The third-order valence-electron chi connectivity index (χ3n) is 2.22. The fourth-order valence-corrected chi connectivity index (χ4v) is 1.28. The van der Waals surface area contributed by atoms with E-state index in [1.165, 1.54) is 12.1 Å². The number of hydrogen-bond donors (Lipinski definition) is 2. The first kappa shape index (κ1) is 11.1. The molecule has 0 aromatic carbocycles. The smallest absolute Gasteiger partial charge is 0.335 e. The summed E-state index contributed by atoms with van der Waals surface area (Å²) in [6.45, 7) is 1.98. The van der Waals surface area contributed by atoms with Crippen LogP contribution in [0.3, 0.4) is 0 Å². The molecule has 0 spiro atoms. The van der Waals surface area contributed by atoms with E-state index in [1.54, 1.807) is 6.07 Å². The number of anilines is 1. The van der Waals surface area contributed by atoms with Gasteiger partial charge in [-0.1, -0.05) is 6.92 Å². The molecule has 0 aliphatic carbocycles. The fraction of sp³-hybridized carbons (Fsp3) is 0.182. The normalized spacial score (nSPS) is 10.2. The third kappa shape index (κ3) is 2.60. The number of H-pyrrole nitrogens is 1. The number of nitrogens with one attached hydrogen (secondary N) is 2. The van der Waals surface area contributed by atoms with Crippen molar-refractivity contribution in [3.63, 3.8) is 0 Å². The zero-order chi connectivity index (χ0) is 12.3. The Bertz CT molecular complexity index is 565. The highest BCUT2D eigenvalue weighted by Crippen LogP contribution is 2.07. The standard InChI is InChI=1S/C11H11N3O3/c1-2-8-5-9(14-13-8)12-11(16)7-3-4-10(15)17-6-7/h3-6H,2H2,1H3,(H2,12,13,14,16). The van der Waals surface area contributed by atoms with Crippen LogP contribution in [0.5, 0.6) is 0 Å². The van der Waals surface area contributed by atoms with E-state index in [0.717, 1.165) is 18.4 Å². The summed E-state index contributed by atoms with van der Waals surface area (Å²) in [5, 5.41) is 9.29. The summed E-state index contributed by atoms with van der Waals surface area (Å²) < 4.78 is 4.60. The van der Waals surface area contributed by atoms with Crippen LogP contribution < -0.4 is 10.9 Å². The van der Waals surface area contributed by atoms with Gasteiger partial charge in [0.1, 0.15) is 6.26 Å². The molecular formula is C11H11N3O3. The minimum absolute atomic E-state index is 0.269. The van der Waals surface area contributed by atoms with Crippen LogP contribution in [0.1, 0.15) is 23.0 Å². The Kier molecular flexibility index (Phi) is 3.04. The van der Waals surface area contributed by atoms with Crippen molar-refractivity contribution in [1.82, 2.24) is 10.2 Å². The molecule has 88 valence electrons. The molecule has 2 rings (SSSR count). The summed E-state index contributed by atoms with van der Waals surface area (Å²) in [5.74, 6) is 0.0703. The van der Waals surface area contributed by atoms with Gasteiger partial charge in [-0.05, 0) is 12.5 Å². The summed E-state index contributed by atoms with van der Waals surface area (Å²) in [7, 11) is 0. The lowest BCUT2D eigenvalue weighted by Crippen LogP contribution is -2.13. The average Bonchev–Trinajstić information content (AvgIpc) is 2.77. The Balaban J connectivity index is 2.11. The van der Waals surface area contributed by atoms with Gasteiger partial charge in [0.25, 0.3) is 5.91 Å². The molecule has 0 saturated carbocycles. The second-order valence-electron chi connectivity index (χ2n) is 3.43. The van der Waals surface area contributed by atoms with Gasteiger partial charge < -0.3 is 9.73 Å². The lowest BCUT2D eigenvalue weighted by molar-refractivity contribution is 0.102. The molecule has 2 aromatic rings. The summed E-state index contributed by atoms with van der Waals surface area (Å²) in [5.41, 5.74) is 0.708. The monoisotopic (exact) mass is 233 g/mol. The SMILES string of the molecule is CCc1cc(NC(=O)c2ccc(=O)oc2)n[nH]1. The Morgan fingerprint density at radius 1 is 1.53 bits per heavy atom. The molecule has 0 aliphatic heterocycles. The van der Waals surface area contributed by atoms with Crippen LogP contribution in [-0.4, -0.2) is 16.1 Å². The molecule has 0 unspecified atom stereocenters. The van der Waals surface area contributed by atoms with E-state index in [2.05, 4.69) is 19.9 Å². The number of nitrogens with zero attached hydrogens (tertiary/aromatic N) is 1. The Hall–Kier alpha value is -2.37. The molecule has 0 atom stereocenters. The van der Waals surface area contributed by atoms with E-state index >= 15 is 0 Å². The van der Waals surface area contributed by atoms with E-state index in [1.807, 2.05) is 6.92 Å². The molecule has 1 amide bonds. The van der Waals surface area contributed by atoms with Crippen molar-refractivity contribution < 1.29 is 9.21 Å². The minimum Gasteiger partial charge on any atom is -0.430 e. The van der Waals surface area contributed by atoms with Gasteiger partial charge in [-0.3, -0.25) is 9.89 Å². The molecule has 17 heavy (non-hydrogen) atoms. The van der Waals surface area contributed by atoms with Crippen LogP contribution in [0.25, 0.3) is 0 Å². The second-order valence-corrected chi connectivity index (χ2v) is 3.43. The third-order valence-corrected chi connectivity index (χ3v) is 2.22. The fourth-order valence-electron chi connectivity index (χ4n) is 1.28. The summed E-state index contributed by atoms with van der Waals surface area (Å²) in [4.78, 5) is 22.4. The predicted octanol–water partition coefficient (Wildman–Crippen LogP) is 1.18. The topological polar surface area (TPSA) is 88.0 Å². The van der Waals surface area contributed by atoms with Crippen LogP contribution in [-0.2, 0) is 6.42 Å². The number of aryl methyl sites for hydroxylation is 1. The molecule has 0 bridgehead atoms. The van der Waals surface area contributed by atoms with E-state index < -0.39 is 5.63 Å². The predicted molar refractivity (Wildman–Crippen MR) is 60.9 cm³/mol. The number of rotatable bonds is 3. The minimum atomic E-state index is -0.491. The van der Waals surface area contributed by atoms with E-state index in [0.29, 0.717) is 5.82 Å². The van der Waals surface area contributed by atoms with Crippen molar-refractivity contribution >= 4 is 11.7 Å². The Morgan fingerprint density at radius 3 is 2.94 bits per heavy atom. The van der Waals surface area contributed by atoms with Crippen molar-refractivity contribution in [1.29, 1.82) is 0 Å². The van der Waals surface area contributed by atoms with Crippen molar-refractivity contribution in [2.75, 3.05) is 5.32 Å². The molecule has 0 radical (unpaired) electrons. The van der Waals surface area contributed by atoms with Gasteiger partial charge in [0.05, 0.1) is 5.56 Å². The first-order chi connectivity index (χ1) is 8.19. The quantitative estimate of drug-likeness (QED) is 0.833. The number of hydrogen-bond acceptors (Lipinski definition) is 4. The molecule has 2 heterocycles. The van der Waals surface area contributed by atoms with Gasteiger partial charge in [0, 0.05) is 17.8 Å². The Labute approximate surface area is 96.7 Å². The van der Waals surface area contributed by atoms with Crippen LogP contribution in [0.15, 0.2) is 33.7 Å². The van der Waals surface area contributed by atoms with Crippen molar-refractivity contribution in [2.45, 2.75) is 13.3 Å². The van der Waals surface area contributed by atoms with Crippen LogP contribution in [0.2, 0.25) is 0 Å². The van der Waals surface area contributed by atoms with Gasteiger partial charge in [-0.2, -0.15) is 5.10 Å². The van der Waals surface area contributed by atoms with Gasteiger partial charge >= 0.3 is 5.63 Å². The summed E-state index contributed by atoms with van der Waals surface area (Å²) in [6, 6.07) is 4.34. The maximum absolute atomic E-state index is 11.7. The van der Waals surface area contributed by atoms with E-state index in [9.17, 15) is 9.59 Å². The molecule has 6 nitrogen and oxygen atoms in total. The number of carbonyl (C=O) groups excluding carboxylic acids is 1. The lowest BCUT2D eigenvalue weighted by Gasteiger charge is -1.99. The van der Waals surface area contributed by atoms with Crippen molar-refractivity contribution in [3.8, 4) is 0 Å². The van der Waals surface area contributed by atoms with E-state index in [-0.39, 0.29) is 11.5 Å². The molecule has 2 aromatic heterocycles. The zero-order valence-electron chi connectivity index (χ0n) is 9.19. The van der Waals surface area contributed by atoms with Gasteiger partial charge in [0.15, 0.2) is 5.82 Å². The van der Waals surface area contributed by atoms with Gasteiger partial charge in [0.2, 0.25) is 0 Å². The largest absolute Gasteiger partial charge is 0.430 e. The van der Waals surface area contributed by atoms with Gasteiger partial charge in [-0.25, -0.2) is 4.79 Å². The molecule has 0 fully saturated rings. The van der Waals surface area contributed by atoms with Crippen molar-refractivity contribution in [2.24, 2.45) is 0 Å². The lowest BCUT2D eigenvalue weighted by atomic mass is 10.3. The maximum atomic E-state index is 11.7. The first-order valence-electron chi connectivity index (χ1n) is 5.13. The van der Waals surface area contributed by atoms with Crippen molar-refractivity contribution in [3.05, 3.63) is 46.1 Å². The molecule has 6 heteroatoms. The molecule has 2 N–H and O–H groups in total. The summed E-state index contributed by atoms with van der Waals surface area (Å²) >= 11 is 0. The molecular weight excluding hydrogens is 222 g/mol. The van der Waals surface area contributed by atoms with Crippen LogP contribution in [0.4, 0.5) is 5.82 Å². The number of aromatic amines is 1. The highest BCUT2D eigenvalue weighted by molar-refractivity contribution is 6.03. The first-order valence-corrected chi connectivity index (χ1v) is 5.13. The highest BCUT2D eigenvalue weighted by atomic mass is 16.4. The average molecular weight is 233 g/mol. The second kappa shape index (κ2) is 4.65. The highest BCUT2D eigenvalue weighted by Gasteiger charge is 2.08. The van der Waals surface area contributed by atoms with Gasteiger partial charge in [-0.15, -0.1) is 0 Å². The van der Waals surface area contributed by atoms with Crippen LogP contribution >= 0.6 is 0 Å². The van der Waals surface area contributed by atoms with E-state index in [4.69, 9.17) is 0 Å². The molecule has 0 aliphatic rings. The number of amides is 1. The zero-order valence-corrected chi connectivity index (χ0v) is 9.19.